The molecule has 0 amide bonds. The van der Waals surface area contributed by atoms with Gasteiger partial charge in [-0.15, -0.1) is 0 Å². The summed E-state index contributed by atoms with van der Waals surface area (Å²) in [6.45, 7) is 0. The van der Waals surface area contributed by atoms with Crippen molar-refractivity contribution in [2.75, 3.05) is 0 Å². The van der Waals surface area contributed by atoms with Gasteiger partial charge in [0.15, 0.2) is 0 Å². The van der Waals surface area contributed by atoms with Gasteiger partial charge >= 0.3 is 0 Å². The average molecular weight is 251 g/mol. The van der Waals surface area contributed by atoms with Crippen LogP contribution in [-0.2, 0) is 0 Å². The van der Waals surface area contributed by atoms with Crippen molar-refractivity contribution in [3.63, 3.8) is 0 Å². The van der Waals surface area contributed by atoms with Crippen LogP contribution in [0.5, 0.6) is 0 Å². The average Bonchev–Trinajstić information content (AvgIpc) is 2.71. The van der Waals surface area contributed by atoms with Gasteiger partial charge in [0, 0.05) is 5.39 Å². The number of hydrogen-bond acceptors (Lipinski definition) is 2. The molecule has 2 nitrogen and oxygen atoms in total. The maximum atomic E-state index is 12.3. The first-order valence-electron chi connectivity index (χ1n) is 5.77. The molecule has 2 heterocycles. The predicted octanol–water partition coefficient (Wildman–Crippen LogP) is 3.64. The number of nitrogens with zero attached hydrogens (tertiary/aromatic N) is 1. The van der Waals surface area contributed by atoms with Gasteiger partial charge in [0.2, 0.25) is 5.43 Å². The van der Waals surface area contributed by atoms with Crippen molar-refractivity contribution in [3.05, 3.63) is 64.8 Å². The molecule has 2 aliphatic heterocycles. The monoisotopic (exact) mass is 251 g/mol. The number of rotatable bonds is 0. The number of hydrogen-bond donors (Lipinski definition) is 0. The van der Waals surface area contributed by atoms with Gasteiger partial charge in [0.05, 0.1) is 10.2 Å². The Morgan fingerprint density at radius 1 is 0.944 bits per heavy atom. The highest BCUT2D eigenvalue weighted by Crippen LogP contribution is 2.28. The zero-order valence-electron chi connectivity index (χ0n) is 9.46. The summed E-state index contributed by atoms with van der Waals surface area (Å²) in [6, 6.07) is 17.9. The molecule has 0 spiro atoms. The van der Waals surface area contributed by atoms with Crippen molar-refractivity contribution < 1.29 is 0 Å². The number of benzene rings is 2. The molecule has 2 aliphatic rings. The van der Waals surface area contributed by atoms with Crippen LogP contribution in [0.15, 0.2) is 59.4 Å². The van der Waals surface area contributed by atoms with E-state index in [1.54, 1.807) is 11.5 Å². The van der Waals surface area contributed by atoms with E-state index in [4.69, 9.17) is 0 Å². The first-order chi connectivity index (χ1) is 8.84. The molecule has 2 aromatic carbocycles. The highest BCUT2D eigenvalue weighted by Gasteiger charge is 2.14. The number of para-hydroxylation sites is 1. The molecule has 3 heteroatoms. The Balaban J connectivity index is 2.33. The molecule has 0 saturated heterocycles. The third-order valence-corrected chi connectivity index (χ3v) is 4.36. The van der Waals surface area contributed by atoms with Crippen LogP contribution in [0.25, 0.3) is 26.7 Å². The lowest BCUT2D eigenvalue weighted by Gasteiger charge is -2.05. The van der Waals surface area contributed by atoms with Gasteiger partial charge in [-0.1, -0.05) is 41.9 Å². The quantitative estimate of drug-likeness (QED) is 0.467. The minimum absolute atomic E-state index is 0.118. The largest absolute Gasteiger partial charge is 0.287 e. The van der Waals surface area contributed by atoms with Crippen molar-refractivity contribution in [3.8, 4) is 5.69 Å². The van der Waals surface area contributed by atoms with Crippen molar-refractivity contribution in [1.82, 2.24) is 3.96 Å². The number of fused-ring (bicyclic) bond motifs is 4. The van der Waals surface area contributed by atoms with Crippen molar-refractivity contribution in [1.29, 1.82) is 0 Å². The Labute approximate surface area is 107 Å². The lowest BCUT2D eigenvalue weighted by atomic mass is 10.2. The molecule has 4 rings (SSSR count). The van der Waals surface area contributed by atoms with Gasteiger partial charge in [0.25, 0.3) is 0 Å². The van der Waals surface area contributed by atoms with Gasteiger partial charge in [-0.2, -0.15) is 0 Å². The van der Waals surface area contributed by atoms with E-state index in [1.165, 1.54) is 4.70 Å². The SMILES string of the molecule is O=c1c2cc3ccccc3sn-2c2ccccc12. The summed E-state index contributed by atoms with van der Waals surface area (Å²) in [5.41, 5.74) is 1.88. The first kappa shape index (κ1) is 9.85. The molecular formula is C15H9NOS. The van der Waals surface area contributed by atoms with E-state index in [-0.39, 0.29) is 5.43 Å². The van der Waals surface area contributed by atoms with Gasteiger partial charge in [-0.25, -0.2) is 0 Å². The van der Waals surface area contributed by atoms with Crippen LogP contribution in [-0.4, -0.2) is 3.96 Å². The molecule has 0 bridgehead atoms. The van der Waals surface area contributed by atoms with Gasteiger partial charge < -0.3 is 0 Å². The Kier molecular flexibility index (Phi) is 1.88. The van der Waals surface area contributed by atoms with Crippen molar-refractivity contribution in [2.24, 2.45) is 0 Å². The smallest absolute Gasteiger partial charge is 0.212 e. The Hall–Kier alpha value is -2.13. The minimum Gasteiger partial charge on any atom is -0.287 e. The van der Waals surface area contributed by atoms with E-state index in [1.807, 2.05) is 52.5 Å². The topological polar surface area (TPSA) is 22.0 Å². The second-order valence-electron chi connectivity index (χ2n) is 4.30. The summed E-state index contributed by atoms with van der Waals surface area (Å²) in [4.78, 5) is 12.3. The Morgan fingerprint density at radius 3 is 2.67 bits per heavy atom. The zero-order chi connectivity index (χ0) is 12.1. The molecule has 0 fully saturated rings. The summed E-state index contributed by atoms with van der Waals surface area (Å²) in [6.07, 6.45) is 0. The zero-order valence-corrected chi connectivity index (χ0v) is 10.3. The maximum Gasteiger partial charge on any atom is 0.212 e. The summed E-state index contributed by atoms with van der Waals surface area (Å²) < 4.78 is 3.21. The molecule has 0 aromatic heterocycles. The molecule has 86 valence electrons. The molecule has 0 unspecified atom stereocenters. The fraction of sp³-hybridized carbons (Fsp3) is 0. The van der Waals surface area contributed by atoms with E-state index in [9.17, 15) is 4.79 Å². The van der Waals surface area contributed by atoms with Crippen LogP contribution < -0.4 is 5.43 Å². The standard InChI is InChI=1S/C15H9NOS/c17-15-11-6-2-3-7-12(11)16-13(15)9-10-5-1-4-8-14(10)18-16/h1-9H. The van der Waals surface area contributed by atoms with Crippen LogP contribution in [0.1, 0.15) is 0 Å². The van der Waals surface area contributed by atoms with Crippen molar-refractivity contribution >= 4 is 32.5 Å². The maximum absolute atomic E-state index is 12.3. The molecule has 2 aromatic rings. The van der Waals surface area contributed by atoms with Crippen LogP contribution in [0.3, 0.4) is 0 Å². The van der Waals surface area contributed by atoms with E-state index in [2.05, 4.69) is 6.07 Å². The van der Waals surface area contributed by atoms with E-state index < -0.39 is 0 Å². The van der Waals surface area contributed by atoms with Crippen LogP contribution in [0.2, 0.25) is 0 Å². The Morgan fingerprint density at radius 2 is 1.72 bits per heavy atom. The van der Waals surface area contributed by atoms with E-state index >= 15 is 0 Å². The highest BCUT2D eigenvalue weighted by molar-refractivity contribution is 7.14. The Bertz CT molecular complexity index is 903. The normalized spacial score (nSPS) is 11.6. The molecule has 0 radical (unpaired) electrons. The van der Waals surface area contributed by atoms with Crippen molar-refractivity contribution in [2.45, 2.75) is 0 Å². The van der Waals surface area contributed by atoms with Crippen LogP contribution in [0, 0.1) is 0 Å². The van der Waals surface area contributed by atoms with E-state index in [0.29, 0.717) is 0 Å². The number of aromatic nitrogens is 1. The van der Waals surface area contributed by atoms with Gasteiger partial charge in [0.1, 0.15) is 5.69 Å². The third-order valence-electron chi connectivity index (χ3n) is 3.22. The van der Waals surface area contributed by atoms with Gasteiger partial charge in [-0.3, -0.25) is 8.75 Å². The van der Waals surface area contributed by atoms with Gasteiger partial charge in [-0.05, 0) is 29.7 Å². The third kappa shape index (κ3) is 1.19. The van der Waals surface area contributed by atoms with Crippen LogP contribution >= 0.6 is 11.5 Å². The summed E-state index contributed by atoms with van der Waals surface area (Å²) >= 11 is 1.62. The predicted molar refractivity (Wildman–Crippen MR) is 76.1 cm³/mol. The second-order valence-corrected chi connectivity index (χ2v) is 5.29. The lowest BCUT2D eigenvalue weighted by Crippen LogP contribution is -2.00. The van der Waals surface area contributed by atoms with Crippen LogP contribution in [0.4, 0.5) is 0 Å². The molecule has 18 heavy (non-hydrogen) atoms. The highest BCUT2D eigenvalue weighted by atomic mass is 32.1. The second kappa shape index (κ2) is 3.43. The van der Waals surface area contributed by atoms with E-state index in [0.717, 1.165) is 22.0 Å². The first-order valence-corrected chi connectivity index (χ1v) is 6.54. The molecule has 0 aliphatic carbocycles. The molecule has 0 N–H and O–H groups in total. The summed E-state index contributed by atoms with van der Waals surface area (Å²) in [7, 11) is 0. The minimum atomic E-state index is 0.118. The molecule has 0 saturated carbocycles. The molecular weight excluding hydrogens is 242 g/mol. The fourth-order valence-electron chi connectivity index (χ4n) is 2.35. The lowest BCUT2D eigenvalue weighted by molar-refractivity contribution is 1.27. The fourth-order valence-corrected chi connectivity index (χ4v) is 3.41. The summed E-state index contributed by atoms with van der Waals surface area (Å²) in [5.74, 6) is 0. The molecule has 0 atom stereocenters. The summed E-state index contributed by atoms with van der Waals surface area (Å²) in [5, 5.41) is 1.92.